The van der Waals surface area contributed by atoms with E-state index in [4.69, 9.17) is 15.3 Å². The number of amides is 4. The number of anilines is 1. The van der Waals surface area contributed by atoms with E-state index in [1.165, 1.54) is 24.3 Å². The highest BCUT2D eigenvalue weighted by Crippen LogP contribution is 2.26. The van der Waals surface area contributed by atoms with Gasteiger partial charge in [0.25, 0.3) is 5.91 Å². The number of aromatic hydroxyl groups is 1. The highest BCUT2D eigenvalue weighted by Gasteiger charge is 2.42. The van der Waals surface area contributed by atoms with Crippen LogP contribution in [0.15, 0.2) is 78.9 Å². The fraction of sp³-hybridized carbons (Fsp3) is 0.179. The maximum absolute atomic E-state index is 13.4. The van der Waals surface area contributed by atoms with E-state index in [2.05, 4.69) is 21.3 Å². The van der Waals surface area contributed by atoms with E-state index in [9.17, 15) is 19.5 Å². The lowest BCUT2D eigenvalue weighted by atomic mass is 9.88. The van der Waals surface area contributed by atoms with Crippen LogP contribution in [0.1, 0.15) is 18.4 Å². The maximum Gasteiger partial charge on any atom is 0.320 e. The molecule has 0 aromatic heterocycles. The van der Waals surface area contributed by atoms with Gasteiger partial charge in [0.05, 0.1) is 25.1 Å². The van der Waals surface area contributed by atoms with Crippen LogP contribution in [-0.4, -0.2) is 36.0 Å². The van der Waals surface area contributed by atoms with Crippen molar-refractivity contribution >= 4 is 23.5 Å². The van der Waals surface area contributed by atoms with E-state index in [0.717, 1.165) is 0 Å². The summed E-state index contributed by atoms with van der Waals surface area (Å²) in [5, 5.41) is 37.9. The Hall–Kier alpha value is -5.55. The fourth-order valence-corrected chi connectivity index (χ4v) is 3.57. The molecule has 0 aliphatic rings. The lowest BCUT2D eigenvalue weighted by Crippen LogP contribution is -2.62. The summed E-state index contributed by atoms with van der Waals surface area (Å²) < 4.78 is 5.75. The van der Waals surface area contributed by atoms with Gasteiger partial charge < -0.3 is 31.1 Å². The van der Waals surface area contributed by atoms with Gasteiger partial charge in [-0.1, -0.05) is 30.3 Å². The number of ether oxygens (including phenoxy) is 1. The molecule has 4 amide bonds. The molecule has 0 radical (unpaired) electrons. The van der Waals surface area contributed by atoms with Crippen molar-refractivity contribution < 1.29 is 24.2 Å². The summed E-state index contributed by atoms with van der Waals surface area (Å²) in [5.41, 5.74) is -1.21. The summed E-state index contributed by atoms with van der Waals surface area (Å²) in [7, 11) is 0. The Bertz CT molecular complexity index is 1360. The number of nitrogens with one attached hydrogen (secondary N) is 4. The molecule has 0 bridgehead atoms. The van der Waals surface area contributed by atoms with Gasteiger partial charge in [0, 0.05) is 12.2 Å². The molecule has 0 saturated heterocycles. The first-order valence-electron chi connectivity index (χ1n) is 11.9. The van der Waals surface area contributed by atoms with E-state index < -0.39 is 36.3 Å². The summed E-state index contributed by atoms with van der Waals surface area (Å²) in [4.78, 5) is 38.7. The largest absolute Gasteiger partial charge is 0.508 e. The molecule has 0 saturated carbocycles. The predicted molar refractivity (Wildman–Crippen MR) is 141 cm³/mol. The minimum Gasteiger partial charge on any atom is -0.508 e. The Kier molecular flexibility index (Phi) is 9.83. The zero-order chi connectivity index (χ0) is 28.1. The lowest BCUT2D eigenvalue weighted by Gasteiger charge is -2.34. The molecule has 3 aromatic carbocycles. The van der Waals surface area contributed by atoms with E-state index in [-0.39, 0.29) is 24.3 Å². The van der Waals surface area contributed by atoms with Crippen LogP contribution in [0.4, 0.5) is 10.5 Å². The molecule has 0 aliphatic heterocycles. The molecule has 11 nitrogen and oxygen atoms in total. The quantitative estimate of drug-likeness (QED) is 0.238. The third-order valence-corrected chi connectivity index (χ3v) is 5.48. The van der Waals surface area contributed by atoms with Crippen LogP contribution < -0.4 is 26.0 Å². The van der Waals surface area contributed by atoms with Crippen LogP contribution in [0.2, 0.25) is 0 Å². The van der Waals surface area contributed by atoms with E-state index >= 15 is 0 Å². The summed E-state index contributed by atoms with van der Waals surface area (Å²) in [6.45, 7) is -0.415. The average Bonchev–Trinajstić information content (AvgIpc) is 2.93. The highest BCUT2D eigenvalue weighted by atomic mass is 16.5. The third-order valence-electron chi connectivity index (χ3n) is 5.48. The zero-order valence-electron chi connectivity index (χ0n) is 20.8. The zero-order valence-corrected chi connectivity index (χ0v) is 20.8. The molecule has 3 rings (SSSR count). The molecular formula is C28H26N6O5. The SMILES string of the molecule is N#CCCNC(=O)C(CNC(=O)CC#N)(NC(=O)Nc1ccc(Oc2ccccc2)cc1)c1ccc(O)cc1. The number of para-hydroxylation sites is 1. The van der Waals surface area contributed by atoms with Crippen LogP contribution in [-0.2, 0) is 15.1 Å². The number of hydrogen-bond donors (Lipinski definition) is 5. The molecule has 1 atom stereocenters. The second-order valence-electron chi connectivity index (χ2n) is 8.25. The minimum absolute atomic E-state index is 0.00646. The number of phenols is 1. The summed E-state index contributed by atoms with van der Waals surface area (Å²) in [6.07, 6.45) is -0.437. The van der Waals surface area contributed by atoms with Gasteiger partial charge in [-0.05, 0) is 54.1 Å². The van der Waals surface area contributed by atoms with Crippen LogP contribution in [0.3, 0.4) is 0 Å². The Labute approximate surface area is 225 Å². The second-order valence-corrected chi connectivity index (χ2v) is 8.25. The highest BCUT2D eigenvalue weighted by molar-refractivity contribution is 5.97. The van der Waals surface area contributed by atoms with E-state index in [1.54, 1.807) is 42.5 Å². The van der Waals surface area contributed by atoms with Gasteiger partial charge in [0.1, 0.15) is 23.7 Å². The van der Waals surface area contributed by atoms with Crippen molar-refractivity contribution in [1.82, 2.24) is 16.0 Å². The molecule has 39 heavy (non-hydrogen) atoms. The number of nitriles is 2. The summed E-state index contributed by atoms with van der Waals surface area (Å²) >= 11 is 0. The van der Waals surface area contributed by atoms with Gasteiger partial charge in [0.15, 0.2) is 5.54 Å². The monoisotopic (exact) mass is 526 g/mol. The van der Waals surface area contributed by atoms with Crippen molar-refractivity contribution in [2.24, 2.45) is 0 Å². The lowest BCUT2D eigenvalue weighted by molar-refractivity contribution is -0.128. The molecule has 5 N–H and O–H groups in total. The fourth-order valence-electron chi connectivity index (χ4n) is 3.57. The van der Waals surface area contributed by atoms with Crippen LogP contribution in [0.25, 0.3) is 0 Å². The number of benzene rings is 3. The first-order valence-corrected chi connectivity index (χ1v) is 11.9. The Morgan fingerprint density at radius 3 is 2.15 bits per heavy atom. The standard InChI is InChI=1S/C28H26N6O5/c29-16-4-18-31-26(37)28(19-32-25(36)15-17-30,20-7-11-22(35)12-8-20)34-27(38)33-21-9-13-24(14-10-21)39-23-5-2-1-3-6-23/h1-3,5-14,35H,4,15,18-19H2,(H,31,37)(H,32,36)(H2,33,34,38). The van der Waals surface area contributed by atoms with Gasteiger partial charge in [-0.15, -0.1) is 0 Å². The summed E-state index contributed by atoms with van der Waals surface area (Å²) in [5.74, 6) is -0.240. The third kappa shape index (κ3) is 7.97. The minimum atomic E-state index is -1.85. The molecule has 11 heteroatoms. The normalized spacial score (nSPS) is 11.5. The topological polar surface area (TPSA) is 176 Å². The van der Waals surface area contributed by atoms with Gasteiger partial charge >= 0.3 is 6.03 Å². The van der Waals surface area contributed by atoms with Gasteiger partial charge in [-0.2, -0.15) is 10.5 Å². The smallest absolute Gasteiger partial charge is 0.320 e. The number of nitrogens with zero attached hydrogens (tertiary/aromatic N) is 2. The Morgan fingerprint density at radius 1 is 0.846 bits per heavy atom. The van der Waals surface area contributed by atoms with Crippen LogP contribution in [0, 0.1) is 22.7 Å². The Morgan fingerprint density at radius 2 is 1.51 bits per heavy atom. The van der Waals surface area contributed by atoms with Crippen molar-refractivity contribution in [3.05, 3.63) is 84.4 Å². The number of carbonyl (C=O) groups excluding carboxylic acids is 3. The number of carbonyl (C=O) groups is 3. The van der Waals surface area contributed by atoms with Crippen molar-refractivity contribution in [2.75, 3.05) is 18.4 Å². The number of urea groups is 1. The van der Waals surface area contributed by atoms with Crippen LogP contribution in [0.5, 0.6) is 17.2 Å². The van der Waals surface area contributed by atoms with Crippen molar-refractivity contribution in [3.63, 3.8) is 0 Å². The first-order chi connectivity index (χ1) is 18.9. The van der Waals surface area contributed by atoms with Gasteiger partial charge in [0.2, 0.25) is 5.91 Å². The maximum atomic E-state index is 13.4. The molecule has 3 aromatic rings. The predicted octanol–water partition coefficient (Wildman–Crippen LogP) is 3.26. The van der Waals surface area contributed by atoms with Gasteiger partial charge in [-0.3, -0.25) is 9.59 Å². The summed E-state index contributed by atoms with van der Waals surface area (Å²) in [6, 6.07) is 24.1. The average molecular weight is 527 g/mol. The molecule has 0 fully saturated rings. The molecule has 198 valence electrons. The van der Waals surface area contributed by atoms with Crippen molar-refractivity contribution in [1.29, 1.82) is 10.5 Å². The molecule has 0 spiro atoms. The number of hydrogen-bond acceptors (Lipinski definition) is 7. The number of phenolic OH excluding ortho intramolecular Hbond substituents is 1. The van der Waals surface area contributed by atoms with E-state index in [1.807, 2.05) is 24.3 Å². The van der Waals surface area contributed by atoms with Crippen molar-refractivity contribution in [3.8, 4) is 29.4 Å². The number of rotatable bonds is 11. The molecule has 0 aliphatic carbocycles. The second kappa shape index (κ2) is 13.7. The molecular weight excluding hydrogens is 500 g/mol. The molecule has 0 heterocycles. The first kappa shape index (κ1) is 28.0. The van der Waals surface area contributed by atoms with Crippen LogP contribution >= 0.6 is 0 Å². The van der Waals surface area contributed by atoms with E-state index in [0.29, 0.717) is 17.2 Å². The molecule has 1 unspecified atom stereocenters. The Balaban J connectivity index is 1.85. The van der Waals surface area contributed by atoms with Crippen molar-refractivity contribution in [2.45, 2.75) is 18.4 Å². The van der Waals surface area contributed by atoms with Gasteiger partial charge in [-0.25, -0.2) is 4.79 Å².